The van der Waals surface area contributed by atoms with Gasteiger partial charge in [0.25, 0.3) is 0 Å². The quantitative estimate of drug-likeness (QED) is 0.333. The molecule has 34 heavy (non-hydrogen) atoms. The molecule has 0 aliphatic carbocycles. The number of hydrogen-bond donors (Lipinski definition) is 1. The largest absolute Gasteiger partial charge is 0.378 e. The number of carbonyl (C=O) groups is 1. The lowest BCUT2D eigenvalue weighted by Gasteiger charge is -2.27. The number of morpholine rings is 1. The van der Waals surface area contributed by atoms with E-state index in [1.54, 1.807) is 18.6 Å². The number of aromatic nitrogens is 4. The van der Waals surface area contributed by atoms with E-state index in [1.165, 1.54) is 6.08 Å². The van der Waals surface area contributed by atoms with E-state index in [9.17, 15) is 4.79 Å². The summed E-state index contributed by atoms with van der Waals surface area (Å²) in [4.78, 5) is 31.2. The van der Waals surface area contributed by atoms with Crippen molar-refractivity contribution >= 4 is 34.6 Å². The molecule has 0 bridgehead atoms. The first kappa shape index (κ1) is 21.7. The SMILES string of the molecule is O=C/C=C/Cc1ccnc(-c2cccc3cnc(Nc4ccc(N5CCOCC5)nc4)nc23)c1. The van der Waals surface area contributed by atoms with Crippen LogP contribution in [0.3, 0.4) is 0 Å². The van der Waals surface area contributed by atoms with Gasteiger partial charge in [-0.2, -0.15) is 0 Å². The monoisotopic (exact) mass is 452 g/mol. The third kappa shape index (κ3) is 4.92. The molecule has 8 nitrogen and oxygen atoms in total. The number of rotatable bonds is 7. The van der Waals surface area contributed by atoms with Gasteiger partial charge in [0, 0.05) is 36.4 Å². The minimum atomic E-state index is 0.492. The lowest BCUT2D eigenvalue weighted by Crippen LogP contribution is -2.36. The smallest absolute Gasteiger partial charge is 0.227 e. The molecule has 170 valence electrons. The number of allylic oxidation sites excluding steroid dienone is 2. The summed E-state index contributed by atoms with van der Waals surface area (Å²) in [6.07, 6.45) is 10.2. The van der Waals surface area contributed by atoms with Crippen LogP contribution in [0.25, 0.3) is 22.2 Å². The van der Waals surface area contributed by atoms with Crippen molar-refractivity contribution < 1.29 is 9.53 Å². The van der Waals surface area contributed by atoms with Gasteiger partial charge in [0.1, 0.15) is 12.1 Å². The number of fused-ring (bicyclic) bond motifs is 1. The molecule has 3 aromatic heterocycles. The Morgan fingerprint density at radius 1 is 1.03 bits per heavy atom. The molecule has 1 aliphatic heterocycles. The molecule has 0 saturated carbocycles. The number of hydrogen-bond acceptors (Lipinski definition) is 8. The molecular weight excluding hydrogens is 428 g/mol. The molecule has 0 radical (unpaired) electrons. The molecular formula is C26H24N6O2. The third-order valence-corrected chi connectivity index (χ3v) is 5.62. The summed E-state index contributed by atoms with van der Waals surface area (Å²) in [6, 6.07) is 13.9. The maximum atomic E-state index is 10.6. The molecule has 1 N–H and O–H groups in total. The van der Waals surface area contributed by atoms with E-state index in [2.05, 4.69) is 25.2 Å². The van der Waals surface area contributed by atoms with Crippen LogP contribution in [0.15, 0.2) is 73.2 Å². The van der Waals surface area contributed by atoms with Gasteiger partial charge in [-0.15, -0.1) is 0 Å². The summed E-state index contributed by atoms with van der Waals surface area (Å²) >= 11 is 0. The van der Waals surface area contributed by atoms with E-state index < -0.39 is 0 Å². The highest BCUT2D eigenvalue weighted by atomic mass is 16.5. The molecule has 0 unspecified atom stereocenters. The molecule has 1 fully saturated rings. The van der Waals surface area contributed by atoms with E-state index >= 15 is 0 Å². The molecule has 0 amide bonds. The van der Waals surface area contributed by atoms with Crippen molar-refractivity contribution in [1.82, 2.24) is 19.9 Å². The first-order valence-corrected chi connectivity index (χ1v) is 11.2. The van der Waals surface area contributed by atoms with Gasteiger partial charge in [-0.3, -0.25) is 9.78 Å². The summed E-state index contributed by atoms with van der Waals surface area (Å²) in [5.41, 5.74) is 4.44. The molecule has 1 aliphatic rings. The Hall–Kier alpha value is -4.17. The van der Waals surface area contributed by atoms with Crippen LogP contribution in [0.1, 0.15) is 5.56 Å². The zero-order valence-electron chi connectivity index (χ0n) is 18.6. The predicted octanol–water partition coefficient (Wildman–Crippen LogP) is 3.96. The Bertz CT molecular complexity index is 1320. The van der Waals surface area contributed by atoms with E-state index in [0.717, 1.165) is 71.8 Å². The fourth-order valence-electron chi connectivity index (χ4n) is 3.90. The van der Waals surface area contributed by atoms with Gasteiger partial charge in [-0.25, -0.2) is 15.0 Å². The van der Waals surface area contributed by atoms with Gasteiger partial charge in [0.05, 0.1) is 36.3 Å². The zero-order valence-corrected chi connectivity index (χ0v) is 18.6. The predicted molar refractivity (Wildman–Crippen MR) is 132 cm³/mol. The second-order valence-electron chi connectivity index (χ2n) is 7.88. The molecule has 8 heteroatoms. The Balaban J connectivity index is 1.40. The number of para-hydroxylation sites is 1. The van der Waals surface area contributed by atoms with Crippen molar-refractivity contribution in [3.63, 3.8) is 0 Å². The summed E-state index contributed by atoms with van der Waals surface area (Å²) in [7, 11) is 0. The zero-order chi connectivity index (χ0) is 23.2. The highest BCUT2D eigenvalue weighted by Gasteiger charge is 2.13. The number of ether oxygens (including phenoxy) is 1. The minimum Gasteiger partial charge on any atom is -0.378 e. The first-order valence-electron chi connectivity index (χ1n) is 11.2. The first-order chi connectivity index (χ1) is 16.8. The van der Waals surface area contributed by atoms with Gasteiger partial charge >= 0.3 is 0 Å². The molecule has 1 aromatic carbocycles. The van der Waals surface area contributed by atoms with Crippen LogP contribution in [0.4, 0.5) is 17.5 Å². The molecule has 4 heterocycles. The van der Waals surface area contributed by atoms with Gasteiger partial charge in [0.2, 0.25) is 5.95 Å². The molecule has 5 rings (SSSR count). The summed E-state index contributed by atoms with van der Waals surface area (Å²) in [5, 5.41) is 4.19. The van der Waals surface area contributed by atoms with Crippen LogP contribution >= 0.6 is 0 Å². The molecule has 4 aromatic rings. The Morgan fingerprint density at radius 3 is 2.76 bits per heavy atom. The molecule has 0 spiro atoms. The van der Waals surface area contributed by atoms with Crippen LogP contribution in [0.2, 0.25) is 0 Å². The maximum absolute atomic E-state index is 10.6. The number of nitrogens with one attached hydrogen (secondary N) is 1. The second kappa shape index (κ2) is 10.2. The van der Waals surface area contributed by atoms with E-state index in [1.807, 2.05) is 48.5 Å². The van der Waals surface area contributed by atoms with Crippen LogP contribution in [0.5, 0.6) is 0 Å². The van der Waals surface area contributed by atoms with Crippen LogP contribution < -0.4 is 10.2 Å². The van der Waals surface area contributed by atoms with Crippen LogP contribution in [-0.4, -0.2) is 52.5 Å². The Morgan fingerprint density at radius 2 is 1.94 bits per heavy atom. The van der Waals surface area contributed by atoms with Crippen molar-refractivity contribution in [2.45, 2.75) is 6.42 Å². The third-order valence-electron chi connectivity index (χ3n) is 5.62. The number of aldehydes is 1. The van der Waals surface area contributed by atoms with Crippen molar-refractivity contribution in [1.29, 1.82) is 0 Å². The van der Waals surface area contributed by atoms with Crippen LogP contribution in [-0.2, 0) is 16.0 Å². The van der Waals surface area contributed by atoms with E-state index in [-0.39, 0.29) is 0 Å². The van der Waals surface area contributed by atoms with Crippen LogP contribution in [0, 0.1) is 0 Å². The normalized spacial score (nSPS) is 13.9. The number of nitrogens with zero attached hydrogens (tertiary/aromatic N) is 5. The van der Waals surface area contributed by atoms with Gasteiger partial charge in [-0.05, 0) is 42.3 Å². The number of carbonyl (C=O) groups excluding carboxylic acids is 1. The fraction of sp³-hybridized carbons (Fsp3) is 0.192. The Labute approximate surface area is 197 Å². The summed E-state index contributed by atoms with van der Waals surface area (Å²) in [5.74, 6) is 1.43. The van der Waals surface area contributed by atoms with Crippen molar-refractivity contribution in [2.24, 2.45) is 0 Å². The Kier molecular flexibility index (Phi) is 6.49. The molecule has 1 saturated heterocycles. The highest BCUT2D eigenvalue weighted by molar-refractivity contribution is 5.93. The summed E-state index contributed by atoms with van der Waals surface area (Å²) in [6.45, 7) is 3.14. The van der Waals surface area contributed by atoms with E-state index in [0.29, 0.717) is 12.4 Å². The van der Waals surface area contributed by atoms with E-state index in [4.69, 9.17) is 9.72 Å². The van der Waals surface area contributed by atoms with Crippen molar-refractivity contribution in [3.8, 4) is 11.3 Å². The highest BCUT2D eigenvalue weighted by Crippen LogP contribution is 2.27. The van der Waals surface area contributed by atoms with Crippen molar-refractivity contribution in [3.05, 3.63) is 78.8 Å². The minimum absolute atomic E-state index is 0.492. The number of pyridine rings is 2. The van der Waals surface area contributed by atoms with Gasteiger partial charge in [0.15, 0.2) is 0 Å². The van der Waals surface area contributed by atoms with Crippen molar-refractivity contribution in [2.75, 3.05) is 36.5 Å². The lowest BCUT2D eigenvalue weighted by molar-refractivity contribution is -0.104. The second-order valence-corrected chi connectivity index (χ2v) is 7.88. The number of benzene rings is 1. The van der Waals surface area contributed by atoms with Gasteiger partial charge in [-0.1, -0.05) is 24.3 Å². The average molecular weight is 453 g/mol. The maximum Gasteiger partial charge on any atom is 0.227 e. The van der Waals surface area contributed by atoms with Gasteiger partial charge < -0.3 is 15.0 Å². The summed E-state index contributed by atoms with van der Waals surface area (Å²) < 4.78 is 5.41. The fourth-order valence-corrected chi connectivity index (χ4v) is 3.90. The average Bonchev–Trinajstić information content (AvgIpc) is 2.90. The topological polar surface area (TPSA) is 93.1 Å². The standard InChI is InChI=1S/C26H24N6O2/c33-13-2-1-4-19-9-10-27-23(16-19)22-6-3-5-20-17-29-26(31-25(20)22)30-21-7-8-24(28-18-21)32-11-14-34-15-12-32/h1-3,5-10,13,16-18H,4,11-12,14-15H2,(H,29,30,31)/b2-1+. The number of anilines is 3. The molecule has 0 atom stereocenters. The lowest BCUT2D eigenvalue weighted by atomic mass is 10.0.